The van der Waals surface area contributed by atoms with Crippen LogP contribution in [0.15, 0.2) is 53.9 Å². The third kappa shape index (κ3) is 3.70. The van der Waals surface area contributed by atoms with Gasteiger partial charge in [0.05, 0.1) is 10.7 Å². The van der Waals surface area contributed by atoms with Crippen LogP contribution in [-0.4, -0.2) is 30.1 Å². The third-order valence-electron chi connectivity index (χ3n) is 5.72. The van der Waals surface area contributed by atoms with E-state index < -0.39 is 0 Å². The summed E-state index contributed by atoms with van der Waals surface area (Å²) in [5.74, 6) is 0.688. The van der Waals surface area contributed by atoms with Gasteiger partial charge in [0, 0.05) is 53.3 Å². The van der Waals surface area contributed by atoms with Crippen LogP contribution in [0.3, 0.4) is 0 Å². The second-order valence-corrected chi connectivity index (χ2v) is 8.73. The molecular weight excluding hydrogens is 387 g/mol. The van der Waals surface area contributed by atoms with Gasteiger partial charge in [0.25, 0.3) is 0 Å². The molecular formula is C22H21FN4OS. The number of hydrogen-bond acceptors (Lipinski definition) is 4. The fourth-order valence-corrected chi connectivity index (χ4v) is 4.80. The molecule has 3 aromatic rings. The van der Waals surface area contributed by atoms with Crippen molar-refractivity contribution in [3.05, 3.63) is 64.7 Å². The molecule has 1 aliphatic carbocycles. The Morgan fingerprint density at radius 3 is 2.62 bits per heavy atom. The van der Waals surface area contributed by atoms with E-state index >= 15 is 0 Å². The summed E-state index contributed by atoms with van der Waals surface area (Å²) in [7, 11) is 0. The van der Waals surface area contributed by atoms with Crippen LogP contribution < -0.4 is 15.5 Å². The molecule has 1 aromatic heterocycles. The van der Waals surface area contributed by atoms with E-state index in [1.165, 1.54) is 12.1 Å². The minimum atomic E-state index is -0.219. The summed E-state index contributed by atoms with van der Waals surface area (Å²) in [6.07, 6.45) is 0. The number of carbonyl (C=O) groups excluding carboxylic acids is 1. The van der Waals surface area contributed by atoms with Crippen molar-refractivity contribution in [3.8, 4) is 11.3 Å². The lowest BCUT2D eigenvalue weighted by molar-refractivity contribution is 0.250. The highest BCUT2D eigenvalue weighted by Gasteiger charge is 2.56. The highest BCUT2D eigenvalue weighted by molar-refractivity contribution is 7.09. The summed E-state index contributed by atoms with van der Waals surface area (Å²) in [4.78, 5) is 19.2. The van der Waals surface area contributed by atoms with Gasteiger partial charge in [0.15, 0.2) is 0 Å². The van der Waals surface area contributed by atoms with Crippen LogP contribution >= 0.6 is 11.3 Å². The maximum absolute atomic E-state index is 13.1. The number of nitrogens with zero attached hydrogens (tertiary/aromatic N) is 2. The van der Waals surface area contributed by atoms with Crippen molar-refractivity contribution in [3.63, 3.8) is 0 Å². The number of thiazole rings is 1. The van der Waals surface area contributed by atoms with Crippen LogP contribution in [0.2, 0.25) is 0 Å². The number of carbonyl (C=O) groups is 1. The van der Waals surface area contributed by atoms with Gasteiger partial charge in [-0.2, -0.15) is 0 Å². The molecule has 2 atom stereocenters. The zero-order chi connectivity index (χ0) is 20.0. The van der Waals surface area contributed by atoms with Gasteiger partial charge in [0.1, 0.15) is 5.82 Å². The molecule has 5 nitrogen and oxygen atoms in total. The average molecular weight is 409 g/mol. The minimum Gasteiger partial charge on any atom is -0.371 e. The monoisotopic (exact) mass is 408 g/mol. The number of fused-ring (bicyclic) bond motifs is 1. The summed E-state index contributed by atoms with van der Waals surface area (Å²) in [6, 6.07) is 14.4. The molecule has 2 aromatic carbocycles. The molecule has 1 saturated heterocycles. The Balaban J connectivity index is 1.16. The summed E-state index contributed by atoms with van der Waals surface area (Å²) < 4.78 is 13.1. The maximum Gasteiger partial charge on any atom is 0.319 e. The molecule has 7 heteroatoms. The number of anilines is 2. The zero-order valence-corrected chi connectivity index (χ0v) is 16.7. The number of aromatic nitrogens is 1. The van der Waals surface area contributed by atoms with Gasteiger partial charge in [-0.1, -0.05) is 12.1 Å². The predicted octanol–water partition coefficient (Wildman–Crippen LogP) is 4.51. The first-order chi connectivity index (χ1) is 14.1. The molecule has 2 heterocycles. The summed E-state index contributed by atoms with van der Waals surface area (Å²) in [5.41, 5.74) is 3.71. The lowest BCUT2D eigenvalue weighted by Gasteiger charge is -2.22. The second-order valence-electron chi connectivity index (χ2n) is 7.67. The molecule has 5 rings (SSSR count). The summed E-state index contributed by atoms with van der Waals surface area (Å²) in [6.45, 7) is 3.76. The normalized spacial score (nSPS) is 22.3. The van der Waals surface area contributed by atoms with Gasteiger partial charge in [0.2, 0.25) is 0 Å². The lowest BCUT2D eigenvalue weighted by Crippen LogP contribution is -2.37. The number of halogens is 1. The summed E-state index contributed by atoms with van der Waals surface area (Å²) in [5, 5.41) is 9.08. The Morgan fingerprint density at radius 2 is 1.93 bits per heavy atom. The number of aryl methyl sites for hydroxylation is 1. The molecule has 2 N–H and O–H groups in total. The average Bonchev–Trinajstić information content (AvgIpc) is 3.05. The van der Waals surface area contributed by atoms with Crippen LogP contribution in [0.25, 0.3) is 11.3 Å². The van der Waals surface area contributed by atoms with Crippen molar-refractivity contribution in [2.24, 2.45) is 11.8 Å². The number of amides is 2. The Bertz CT molecular complexity index is 1040. The van der Waals surface area contributed by atoms with Gasteiger partial charge >= 0.3 is 6.03 Å². The summed E-state index contributed by atoms with van der Waals surface area (Å²) >= 11 is 1.61. The Hall–Kier alpha value is -2.93. The maximum atomic E-state index is 13.1. The molecule has 2 unspecified atom stereocenters. The van der Waals surface area contributed by atoms with Crippen molar-refractivity contribution < 1.29 is 9.18 Å². The van der Waals surface area contributed by atoms with Crippen molar-refractivity contribution in [2.45, 2.75) is 13.0 Å². The number of piperidine rings is 1. The first-order valence-corrected chi connectivity index (χ1v) is 10.6. The Morgan fingerprint density at radius 1 is 1.17 bits per heavy atom. The largest absolute Gasteiger partial charge is 0.371 e. The Labute approximate surface area is 172 Å². The van der Waals surface area contributed by atoms with Crippen LogP contribution in [0.5, 0.6) is 0 Å². The predicted molar refractivity (Wildman–Crippen MR) is 114 cm³/mol. The van der Waals surface area contributed by atoms with Crippen LogP contribution in [-0.2, 0) is 0 Å². The standard InChI is InChI=1S/C22H21FN4OS/c1-13-24-20(12-29-13)14-3-2-4-16(9-14)25-22(28)26-21-18-10-27(11-19(18)21)17-7-5-15(23)6-8-17/h2-9,12,18-19,21H,10-11H2,1H3,(H2,25,26,28). The van der Waals surface area contributed by atoms with Crippen molar-refractivity contribution in [2.75, 3.05) is 23.3 Å². The van der Waals surface area contributed by atoms with Gasteiger partial charge in [-0.15, -0.1) is 11.3 Å². The molecule has 148 valence electrons. The fourth-order valence-electron chi connectivity index (χ4n) is 4.17. The van der Waals surface area contributed by atoms with Gasteiger partial charge in [-0.25, -0.2) is 14.2 Å². The van der Waals surface area contributed by atoms with Crippen LogP contribution in [0, 0.1) is 24.6 Å². The molecule has 1 aliphatic heterocycles. The van der Waals surface area contributed by atoms with E-state index in [1.807, 2.05) is 48.7 Å². The van der Waals surface area contributed by atoms with E-state index in [-0.39, 0.29) is 17.9 Å². The van der Waals surface area contributed by atoms with E-state index in [0.29, 0.717) is 11.8 Å². The molecule has 1 saturated carbocycles. The fraction of sp³-hybridized carbons (Fsp3) is 0.273. The van der Waals surface area contributed by atoms with E-state index in [4.69, 9.17) is 0 Å². The van der Waals surface area contributed by atoms with Crippen LogP contribution in [0.1, 0.15) is 5.01 Å². The highest BCUT2D eigenvalue weighted by atomic mass is 32.1. The van der Waals surface area contributed by atoms with E-state index in [0.717, 1.165) is 40.7 Å². The van der Waals surface area contributed by atoms with Gasteiger partial charge < -0.3 is 15.5 Å². The van der Waals surface area contributed by atoms with E-state index in [9.17, 15) is 9.18 Å². The number of nitrogens with one attached hydrogen (secondary N) is 2. The second kappa shape index (κ2) is 7.15. The van der Waals surface area contributed by atoms with Crippen molar-refractivity contribution in [1.82, 2.24) is 10.3 Å². The van der Waals surface area contributed by atoms with Crippen molar-refractivity contribution in [1.29, 1.82) is 0 Å². The zero-order valence-electron chi connectivity index (χ0n) is 15.9. The molecule has 2 amide bonds. The smallest absolute Gasteiger partial charge is 0.319 e. The molecule has 0 radical (unpaired) electrons. The third-order valence-corrected chi connectivity index (χ3v) is 6.49. The van der Waals surface area contributed by atoms with Gasteiger partial charge in [-0.05, 0) is 43.3 Å². The first-order valence-electron chi connectivity index (χ1n) is 9.67. The van der Waals surface area contributed by atoms with Gasteiger partial charge in [-0.3, -0.25) is 0 Å². The van der Waals surface area contributed by atoms with E-state index in [2.05, 4.69) is 20.5 Å². The molecule has 2 fully saturated rings. The quantitative estimate of drug-likeness (QED) is 0.668. The topological polar surface area (TPSA) is 57.3 Å². The number of rotatable bonds is 4. The minimum absolute atomic E-state index is 0.177. The van der Waals surface area contributed by atoms with Crippen molar-refractivity contribution >= 4 is 28.7 Å². The van der Waals surface area contributed by atoms with E-state index in [1.54, 1.807) is 11.3 Å². The molecule has 0 bridgehead atoms. The molecule has 2 aliphatic rings. The number of urea groups is 1. The lowest BCUT2D eigenvalue weighted by atomic mass is 10.1. The number of benzene rings is 2. The van der Waals surface area contributed by atoms with Crippen LogP contribution in [0.4, 0.5) is 20.6 Å². The molecule has 0 spiro atoms. The highest BCUT2D eigenvalue weighted by Crippen LogP contribution is 2.46. The Kier molecular flexibility index (Phi) is 4.47. The number of hydrogen-bond donors (Lipinski definition) is 2. The first kappa shape index (κ1) is 18.1. The molecule has 29 heavy (non-hydrogen) atoms. The SMILES string of the molecule is Cc1nc(-c2cccc(NC(=O)NC3C4CN(c5ccc(F)cc5)CC43)c2)cs1.